The lowest BCUT2D eigenvalue weighted by molar-refractivity contribution is -0.141. The highest BCUT2D eigenvalue weighted by Gasteiger charge is 2.33. The van der Waals surface area contributed by atoms with Crippen LogP contribution >= 0.6 is 11.6 Å². The fourth-order valence-electron chi connectivity index (χ4n) is 3.98. The Hall–Kier alpha value is -2.98. The molecule has 1 heterocycles. The smallest absolute Gasteiger partial charge is 0.244 e. The molecular formula is C26H34ClN3O6S. The lowest BCUT2D eigenvalue weighted by Crippen LogP contribution is -2.55. The van der Waals surface area contributed by atoms with Crippen LogP contribution in [0.5, 0.6) is 11.5 Å². The molecule has 0 bridgehead atoms. The van der Waals surface area contributed by atoms with E-state index in [9.17, 15) is 18.0 Å². The van der Waals surface area contributed by atoms with Crippen LogP contribution in [0.4, 0.5) is 5.69 Å². The van der Waals surface area contributed by atoms with Gasteiger partial charge >= 0.3 is 0 Å². The minimum atomic E-state index is -3.87. The Morgan fingerprint density at radius 3 is 2.32 bits per heavy atom. The second-order valence-corrected chi connectivity index (χ2v) is 12.2. The van der Waals surface area contributed by atoms with Gasteiger partial charge in [0.2, 0.25) is 21.8 Å². The quantitative estimate of drug-likeness (QED) is 0.510. The summed E-state index contributed by atoms with van der Waals surface area (Å²) in [6.07, 6.45) is 1.35. The number of fused-ring (bicyclic) bond motifs is 1. The average molecular weight is 552 g/mol. The first-order chi connectivity index (χ1) is 17.3. The Balaban J connectivity index is 1.98. The van der Waals surface area contributed by atoms with Crippen molar-refractivity contribution in [1.29, 1.82) is 0 Å². The van der Waals surface area contributed by atoms with Crippen LogP contribution in [0.3, 0.4) is 0 Å². The monoisotopic (exact) mass is 551 g/mol. The molecule has 0 aliphatic carbocycles. The number of halogens is 1. The van der Waals surface area contributed by atoms with Crippen molar-refractivity contribution in [3.05, 3.63) is 53.1 Å². The molecule has 1 aliphatic heterocycles. The van der Waals surface area contributed by atoms with Crippen LogP contribution in [0, 0.1) is 0 Å². The van der Waals surface area contributed by atoms with E-state index in [1.807, 2.05) is 20.8 Å². The molecule has 202 valence electrons. The summed E-state index contributed by atoms with van der Waals surface area (Å²) < 4.78 is 37.8. The molecule has 0 aromatic heterocycles. The maximum absolute atomic E-state index is 13.8. The average Bonchev–Trinajstić information content (AvgIpc) is 2.81. The standard InChI is InChI=1S/C26H34ClN3O6S/c1-6-21(25(32)28-26(2,3)4)29(16-18-9-7-8-10-20(18)27)24(31)17-30(37(5,33)34)19-11-12-22-23(15-19)36-14-13-35-22/h7-12,15,21H,6,13-14,16-17H2,1-5H3,(H,28,32)/t21-/m1/s1. The third-order valence-electron chi connectivity index (χ3n) is 5.68. The van der Waals surface area contributed by atoms with Crippen molar-refractivity contribution < 1.29 is 27.5 Å². The van der Waals surface area contributed by atoms with Crippen LogP contribution in [0.2, 0.25) is 5.02 Å². The molecule has 0 unspecified atom stereocenters. The molecule has 3 rings (SSSR count). The molecule has 37 heavy (non-hydrogen) atoms. The minimum absolute atomic E-state index is 0.0350. The van der Waals surface area contributed by atoms with Crippen LogP contribution in [0.1, 0.15) is 39.7 Å². The molecule has 1 aliphatic rings. The third kappa shape index (κ3) is 7.52. The Labute approximate surface area is 223 Å². The molecule has 2 aromatic rings. The maximum atomic E-state index is 13.8. The predicted octanol–water partition coefficient (Wildman–Crippen LogP) is 3.60. The predicted molar refractivity (Wildman–Crippen MR) is 144 cm³/mol. The number of anilines is 1. The van der Waals surface area contributed by atoms with E-state index in [1.165, 1.54) is 11.0 Å². The van der Waals surface area contributed by atoms with Crippen LogP contribution in [-0.2, 0) is 26.2 Å². The van der Waals surface area contributed by atoms with Crippen molar-refractivity contribution in [3.63, 3.8) is 0 Å². The van der Waals surface area contributed by atoms with Crippen molar-refractivity contribution in [2.45, 2.75) is 52.2 Å². The summed E-state index contributed by atoms with van der Waals surface area (Å²) in [4.78, 5) is 28.4. The fourth-order valence-corrected chi connectivity index (χ4v) is 5.02. The lowest BCUT2D eigenvalue weighted by atomic mass is 10.1. The first-order valence-corrected chi connectivity index (χ1v) is 14.2. The van der Waals surface area contributed by atoms with Gasteiger partial charge in [0.05, 0.1) is 11.9 Å². The highest BCUT2D eigenvalue weighted by molar-refractivity contribution is 7.92. The molecule has 0 saturated heterocycles. The minimum Gasteiger partial charge on any atom is -0.486 e. The van der Waals surface area contributed by atoms with E-state index in [4.69, 9.17) is 21.1 Å². The topological polar surface area (TPSA) is 105 Å². The SMILES string of the molecule is CC[C@H](C(=O)NC(C)(C)C)N(Cc1ccccc1Cl)C(=O)CN(c1ccc2c(c1)OCCO2)S(C)(=O)=O. The Kier molecular flexibility index (Phi) is 8.96. The van der Waals surface area contributed by atoms with Gasteiger partial charge in [-0.15, -0.1) is 0 Å². The van der Waals surface area contributed by atoms with Gasteiger partial charge in [-0.25, -0.2) is 8.42 Å². The maximum Gasteiger partial charge on any atom is 0.244 e. The zero-order chi connectivity index (χ0) is 27.4. The van der Waals surface area contributed by atoms with E-state index in [0.29, 0.717) is 41.7 Å². The van der Waals surface area contributed by atoms with Crippen molar-refractivity contribution in [2.75, 3.05) is 30.3 Å². The van der Waals surface area contributed by atoms with Gasteiger partial charge in [-0.3, -0.25) is 13.9 Å². The largest absolute Gasteiger partial charge is 0.486 e. The lowest BCUT2D eigenvalue weighted by Gasteiger charge is -2.34. The Morgan fingerprint density at radius 1 is 1.08 bits per heavy atom. The molecular weight excluding hydrogens is 518 g/mol. The molecule has 1 atom stereocenters. The van der Waals surface area contributed by atoms with Crippen molar-refractivity contribution in [3.8, 4) is 11.5 Å². The van der Waals surface area contributed by atoms with Gasteiger partial charge in [-0.1, -0.05) is 36.7 Å². The number of ether oxygens (including phenoxy) is 2. The number of carbonyl (C=O) groups is 2. The number of sulfonamides is 1. The zero-order valence-electron chi connectivity index (χ0n) is 21.8. The highest BCUT2D eigenvalue weighted by atomic mass is 35.5. The van der Waals surface area contributed by atoms with E-state index in [0.717, 1.165) is 10.6 Å². The van der Waals surface area contributed by atoms with Crippen molar-refractivity contribution >= 4 is 39.1 Å². The number of amides is 2. The number of carbonyl (C=O) groups excluding carboxylic acids is 2. The molecule has 2 amide bonds. The number of benzene rings is 2. The van der Waals surface area contributed by atoms with E-state index in [1.54, 1.807) is 43.3 Å². The van der Waals surface area contributed by atoms with Gasteiger partial charge in [0.25, 0.3) is 0 Å². The summed E-state index contributed by atoms with van der Waals surface area (Å²) >= 11 is 6.38. The van der Waals surface area contributed by atoms with Gasteiger partial charge in [0, 0.05) is 23.2 Å². The summed E-state index contributed by atoms with van der Waals surface area (Å²) in [5.74, 6) is 0.0190. The second kappa shape index (κ2) is 11.6. The summed E-state index contributed by atoms with van der Waals surface area (Å²) in [5, 5.41) is 3.37. The third-order valence-corrected chi connectivity index (χ3v) is 7.18. The molecule has 9 nitrogen and oxygen atoms in total. The fraction of sp³-hybridized carbons (Fsp3) is 0.462. The number of nitrogens with zero attached hydrogens (tertiary/aromatic N) is 2. The van der Waals surface area contributed by atoms with Crippen molar-refractivity contribution in [1.82, 2.24) is 10.2 Å². The van der Waals surface area contributed by atoms with E-state index in [-0.39, 0.29) is 18.1 Å². The molecule has 0 fully saturated rings. The van der Waals surface area contributed by atoms with Gasteiger partial charge in [0.1, 0.15) is 25.8 Å². The highest BCUT2D eigenvalue weighted by Crippen LogP contribution is 2.35. The van der Waals surface area contributed by atoms with E-state index in [2.05, 4.69) is 5.32 Å². The van der Waals surface area contributed by atoms with E-state index < -0.39 is 34.1 Å². The van der Waals surface area contributed by atoms with Crippen LogP contribution in [0.15, 0.2) is 42.5 Å². The van der Waals surface area contributed by atoms with Gasteiger partial charge in [-0.2, -0.15) is 0 Å². The molecule has 1 N–H and O–H groups in total. The number of hydrogen-bond donors (Lipinski definition) is 1. The zero-order valence-corrected chi connectivity index (χ0v) is 23.4. The normalized spacial score (nSPS) is 14.0. The number of rotatable bonds is 9. The summed E-state index contributed by atoms with van der Waals surface area (Å²) in [7, 11) is -3.87. The van der Waals surface area contributed by atoms with Gasteiger partial charge < -0.3 is 19.7 Å². The molecule has 2 aromatic carbocycles. The van der Waals surface area contributed by atoms with Gasteiger partial charge in [0.15, 0.2) is 11.5 Å². The molecule has 0 saturated carbocycles. The van der Waals surface area contributed by atoms with Crippen LogP contribution in [0.25, 0.3) is 0 Å². The second-order valence-electron chi connectivity index (χ2n) is 9.87. The Bertz CT molecular complexity index is 1250. The number of nitrogens with one attached hydrogen (secondary N) is 1. The van der Waals surface area contributed by atoms with Crippen LogP contribution < -0.4 is 19.1 Å². The first kappa shape index (κ1) is 28.6. The van der Waals surface area contributed by atoms with Crippen molar-refractivity contribution in [2.24, 2.45) is 0 Å². The number of hydrogen-bond acceptors (Lipinski definition) is 6. The van der Waals surface area contributed by atoms with Gasteiger partial charge in [-0.05, 0) is 51.0 Å². The van der Waals surface area contributed by atoms with Crippen LogP contribution in [-0.4, -0.2) is 62.7 Å². The summed E-state index contributed by atoms with van der Waals surface area (Å²) in [5.41, 5.74) is 0.378. The summed E-state index contributed by atoms with van der Waals surface area (Å²) in [6.45, 7) is 7.61. The first-order valence-electron chi connectivity index (χ1n) is 12.0. The Morgan fingerprint density at radius 2 is 1.73 bits per heavy atom. The summed E-state index contributed by atoms with van der Waals surface area (Å²) in [6, 6.07) is 10.9. The molecule has 11 heteroatoms. The molecule has 0 spiro atoms. The van der Waals surface area contributed by atoms with E-state index >= 15 is 0 Å². The molecule has 0 radical (unpaired) electrons.